The maximum Gasteiger partial charge on any atom is 0.0406 e. The molecule has 60 valence electrons. The zero-order valence-electron chi connectivity index (χ0n) is 7.07. The molecule has 2 N–H and O–H groups in total. The summed E-state index contributed by atoms with van der Waals surface area (Å²) in [5, 5.41) is 6.83. The lowest BCUT2D eigenvalue weighted by molar-refractivity contribution is 0.252. The van der Waals surface area contributed by atoms with Gasteiger partial charge in [0.15, 0.2) is 0 Å². The highest BCUT2D eigenvalue weighted by Gasteiger charge is 2.30. The van der Waals surface area contributed by atoms with Crippen LogP contribution < -0.4 is 10.6 Å². The van der Waals surface area contributed by atoms with E-state index in [0.717, 1.165) is 13.1 Å². The summed E-state index contributed by atoms with van der Waals surface area (Å²) in [7, 11) is 0.224. The lowest BCUT2D eigenvalue weighted by Gasteiger charge is -2.40. The van der Waals surface area contributed by atoms with Gasteiger partial charge in [-0.1, -0.05) is 7.92 Å². The molecule has 0 bridgehead atoms. The highest BCUT2D eigenvalue weighted by Crippen LogP contribution is 2.23. The van der Waals surface area contributed by atoms with Crippen molar-refractivity contribution in [2.45, 2.75) is 12.5 Å². The fraction of sp³-hybridized carbons (Fsp3) is 1.00. The van der Waals surface area contributed by atoms with Crippen LogP contribution in [0.15, 0.2) is 0 Å². The minimum absolute atomic E-state index is 0.224. The zero-order chi connectivity index (χ0) is 7.61. The summed E-state index contributed by atoms with van der Waals surface area (Å²) in [5.41, 5.74) is 0.409. The van der Waals surface area contributed by atoms with Gasteiger partial charge in [0.2, 0.25) is 0 Å². The normalized spacial score (nSPS) is 22.8. The molecule has 10 heavy (non-hydrogen) atoms. The van der Waals surface area contributed by atoms with Gasteiger partial charge in [-0.2, -0.15) is 0 Å². The highest BCUT2D eigenvalue weighted by atomic mass is 31.1. The molecule has 0 saturated carbocycles. The van der Waals surface area contributed by atoms with Crippen molar-refractivity contribution >= 4 is 7.92 Å². The Balaban J connectivity index is 2.12. The maximum absolute atomic E-state index is 3.56. The molecule has 1 fully saturated rings. The number of rotatable bonds is 3. The smallest absolute Gasteiger partial charge is 0.0406 e. The minimum atomic E-state index is 0.224. The van der Waals surface area contributed by atoms with Gasteiger partial charge in [-0.15, -0.1) is 0 Å². The molecule has 2 nitrogen and oxygen atoms in total. The van der Waals surface area contributed by atoms with E-state index in [1.165, 1.54) is 6.29 Å². The Hall–Kier alpha value is 0.350. The zero-order valence-corrected chi connectivity index (χ0v) is 7.96. The van der Waals surface area contributed by atoms with Gasteiger partial charge in [0, 0.05) is 24.9 Å². The first kappa shape index (κ1) is 8.45. The van der Waals surface area contributed by atoms with Gasteiger partial charge in [0.1, 0.15) is 0 Å². The van der Waals surface area contributed by atoms with E-state index in [1.54, 1.807) is 0 Å². The minimum Gasteiger partial charge on any atom is -0.313 e. The third kappa shape index (κ3) is 2.19. The molecule has 0 atom stereocenters. The van der Waals surface area contributed by atoms with Crippen LogP contribution in [-0.4, -0.2) is 38.2 Å². The predicted octanol–water partition coefficient (Wildman–Crippen LogP) is 0.637. The van der Waals surface area contributed by atoms with E-state index in [4.69, 9.17) is 0 Å². The Labute approximate surface area is 64.5 Å². The van der Waals surface area contributed by atoms with Crippen molar-refractivity contribution in [1.29, 1.82) is 0 Å². The molecular formula is C7H17N2P. The largest absolute Gasteiger partial charge is 0.313 e. The fourth-order valence-corrected chi connectivity index (χ4v) is 1.67. The molecular weight excluding hydrogens is 143 g/mol. The van der Waals surface area contributed by atoms with Crippen LogP contribution in [0.1, 0.15) is 6.92 Å². The quantitative estimate of drug-likeness (QED) is 0.592. The Morgan fingerprint density at radius 1 is 1.50 bits per heavy atom. The summed E-state index contributed by atoms with van der Waals surface area (Å²) in [6.07, 6.45) is 1.20. The van der Waals surface area contributed by atoms with Gasteiger partial charge < -0.3 is 10.6 Å². The Kier molecular flexibility index (Phi) is 2.67. The third-order valence-electron chi connectivity index (χ3n) is 1.85. The van der Waals surface area contributed by atoms with Gasteiger partial charge in [-0.25, -0.2) is 0 Å². The number of nitrogens with one attached hydrogen (secondary N) is 2. The first-order chi connectivity index (χ1) is 4.62. The molecule has 0 aromatic heterocycles. The summed E-state index contributed by atoms with van der Waals surface area (Å²) in [6.45, 7) is 9.16. The van der Waals surface area contributed by atoms with E-state index in [-0.39, 0.29) is 7.92 Å². The van der Waals surface area contributed by atoms with E-state index in [9.17, 15) is 0 Å². The van der Waals surface area contributed by atoms with Crippen molar-refractivity contribution in [3.05, 3.63) is 0 Å². The van der Waals surface area contributed by atoms with E-state index in [1.807, 2.05) is 0 Å². The molecule has 0 aromatic rings. The average Bonchev–Trinajstić information content (AvgIpc) is 1.79. The SMILES string of the molecule is CP(C)CNC1(C)CNC1. The molecule has 3 heteroatoms. The van der Waals surface area contributed by atoms with Crippen molar-refractivity contribution in [1.82, 2.24) is 10.6 Å². The third-order valence-corrected chi connectivity index (χ3v) is 2.64. The topological polar surface area (TPSA) is 24.1 Å². The van der Waals surface area contributed by atoms with Crippen LogP contribution in [0.25, 0.3) is 0 Å². The van der Waals surface area contributed by atoms with Crippen LogP contribution in [-0.2, 0) is 0 Å². The molecule has 0 spiro atoms. The predicted molar refractivity (Wildman–Crippen MR) is 48.0 cm³/mol. The van der Waals surface area contributed by atoms with Crippen molar-refractivity contribution in [3.63, 3.8) is 0 Å². The summed E-state index contributed by atoms with van der Waals surface area (Å²) < 4.78 is 0. The summed E-state index contributed by atoms with van der Waals surface area (Å²) in [5.74, 6) is 0. The fourth-order valence-electron chi connectivity index (χ4n) is 0.974. The second-order valence-electron chi connectivity index (χ2n) is 3.58. The van der Waals surface area contributed by atoms with Crippen molar-refractivity contribution in [3.8, 4) is 0 Å². The van der Waals surface area contributed by atoms with E-state index in [2.05, 4.69) is 30.9 Å². The van der Waals surface area contributed by atoms with E-state index < -0.39 is 0 Å². The first-order valence-corrected chi connectivity index (χ1v) is 6.15. The molecule has 0 aliphatic carbocycles. The van der Waals surface area contributed by atoms with Crippen LogP contribution in [0.2, 0.25) is 0 Å². The standard InChI is InChI=1S/C7H17N2P/c1-7(4-8-5-7)9-6-10(2)3/h8-9H,4-6H2,1-3H3. The molecule has 0 amide bonds. The van der Waals surface area contributed by atoms with Crippen LogP contribution >= 0.6 is 7.92 Å². The molecule has 1 saturated heterocycles. The molecule has 0 unspecified atom stereocenters. The summed E-state index contributed by atoms with van der Waals surface area (Å²) >= 11 is 0. The Morgan fingerprint density at radius 2 is 2.10 bits per heavy atom. The van der Waals surface area contributed by atoms with E-state index >= 15 is 0 Å². The second-order valence-corrected chi connectivity index (χ2v) is 6.05. The maximum atomic E-state index is 3.56. The second kappa shape index (κ2) is 3.17. The number of hydrogen-bond donors (Lipinski definition) is 2. The van der Waals surface area contributed by atoms with Crippen LogP contribution in [0.5, 0.6) is 0 Å². The number of hydrogen-bond acceptors (Lipinski definition) is 2. The van der Waals surface area contributed by atoms with Crippen LogP contribution in [0.3, 0.4) is 0 Å². The lowest BCUT2D eigenvalue weighted by Crippen LogP contribution is -2.65. The lowest BCUT2D eigenvalue weighted by atomic mass is 9.96. The van der Waals surface area contributed by atoms with Crippen LogP contribution in [0.4, 0.5) is 0 Å². The molecule has 0 radical (unpaired) electrons. The van der Waals surface area contributed by atoms with Gasteiger partial charge in [-0.05, 0) is 20.3 Å². The Morgan fingerprint density at radius 3 is 2.40 bits per heavy atom. The van der Waals surface area contributed by atoms with Gasteiger partial charge in [-0.3, -0.25) is 0 Å². The van der Waals surface area contributed by atoms with Gasteiger partial charge in [0.05, 0.1) is 0 Å². The molecule has 1 heterocycles. The average molecular weight is 160 g/mol. The van der Waals surface area contributed by atoms with E-state index in [0.29, 0.717) is 5.54 Å². The van der Waals surface area contributed by atoms with Crippen LogP contribution in [0, 0.1) is 0 Å². The molecule has 1 aliphatic heterocycles. The highest BCUT2D eigenvalue weighted by molar-refractivity contribution is 7.55. The Bertz CT molecular complexity index is 110. The monoisotopic (exact) mass is 160 g/mol. The molecule has 0 aromatic carbocycles. The van der Waals surface area contributed by atoms with Crippen molar-refractivity contribution in [2.75, 3.05) is 32.7 Å². The first-order valence-electron chi connectivity index (χ1n) is 3.73. The van der Waals surface area contributed by atoms with Crippen molar-refractivity contribution in [2.24, 2.45) is 0 Å². The van der Waals surface area contributed by atoms with Gasteiger partial charge in [0.25, 0.3) is 0 Å². The molecule has 1 aliphatic rings. The summed E-state index contributed by atoms with van der Waals surface area (Å²) in [6, 6.07) is 0. The molecule has 1 rings (SSSR count). The van der Waals surface area contributed by atoms with Gasteiger partial charge >= 0.3 is 0 Å². The van der Waals surface area contributed by atoms with Crippen molar-refractivity contribution < 1.29 is 0 Å². The summed E-state index contributed by atoms with van der Waals surface area (Å²) in [4.78, 5) is 0.